The van der Waals surface area contributed by atoms with Gasteiger partial charge in [0.05, 0.1) is 0 Å². The van der Waals surface area contributed by atoms with E-state index in [1.807, 2.05) is 0 Å². The summed E-state index contributed by atoms with van der Waals surface area (Å²) in [6, 6.07) is 34.4. The van der Waals surface area contributed by atoms with Gasteiger partial charge in [-0.05, 0) is 0 Å². The molecule has 2 N–H and O–H groups in total. The van der Waals surface area contributed by atoms with Gasteiger partial charge in [0, 0.05) is 0 Å². The molecule has 0 unspecified atom stereocenters. The molecule has 0 bridgehead atoms. The van der Waals surface area contributed by atoms with Crippen molar-refractivity contribution in [2.24, 2.45) is 0 Å². The molecule has 0 amide bonds. The summed E-state index contributed by atoms with van der Waals surface area (Å²) in [6.45, 7) is 0. The molecule has 0 saturated carbocycles. The fourth-order valence-electron chi connectivity index (χ4n) is 4.64. The van der Waals surface area contributed by atoms with E-state index in [2.05, 4.69) is 0 Å². The van der Waals surface area contributed by atoms with Crippen molar-refractivity contribution >= 4 is 64.6 Å². The van der Waals surface area contributed by atoms with Gasteiger partial charge in [-0.3, -0.25) is 0 Å². The average Bonchev–Trinajstić information content (AvgIpc) is 3.00. The standard InChI is InChI=1S/2C7H5ClO3.3C6H5.Bi/c2*8-4-1-2-6(9)5(3-4)7(10)11;3*1-2-4-6-5-3-1;/h2*1-3,9H,(H,10,11);3*1-5H;/q;;;;;+2/p-2. The van der Waals surface area contributed by atoms with Crippen molar-refractivity contribution in [3.8, 4) is 11.5 Å². The maximum atomic E-state index is 14.1. The topological polar surface area (TPSA) is 93.1 Å². The number of halogens is 2. The monoisotopic (exact) mass is 782 g/mol. The first-order chi connectivity index (χ1) is 19.7. The number of carbonyl (C=O) groups excluding carboxylic acids is 2. The van der Waals surface area contributed by atoms with Crippen LogP contribution in [0, 0.1) is 0 Å². The van der Waals surface area contributed by atoms with Gasteiger partial charge < -0.3 is 0 Å². The molecule has 5 rings (SSSR count). The average molecular weight is 783 g/mol. The summed E-state index contributed by atoms with van der Waals surface area (Å²) in [5.74, 6) is -2.61. The molecule has 0 radical (unpaired) electrons. The van der Waals surface area contributed by atoms with Gasteiger partial charge >= 0.3 is 250 Å². The molecule has 0 fully saturated rings. The van der Waals surface area contributed by atoms with E-state index in [1.54, 1.807) is 91.0 Å². The predicted octanol–water partition coefficient (Wildman–Crippen LogP) is 5.54. The van der Waals surface area contributed by atoms with Gasteiger partial charge in [0.1, 0.15) is 0 Å². The van der Waals surface area contributed by atoms with Crippen LogP contribution in [-0.4, -0.2) is 41.8 Å². The minimum absolute atomic E-state index is 0.199. The fourth-order valence-corrected chi connectivity index (χ4v) is 22.6. The van der Waals surface area contributed by atoms with Crippen molar-refractivity contribution in [1.82, 2.24) is 0 Å². The van der Waals surface area contributed by atoms with Crippen molar-refractivity contribution in [3.05, 3.63) is 149 Å². The Kier molecular flexibility index (Phi) is 8.05. The van der Waals surface area contributed by atoms with E-state index in [0.717, 1.165) is 0 Å². The van der Waals surface area contributed by atoms with Crippen molar-refractivity contribution in [2.45, 2.75) is 0 Å². The predicted molar refractivity (Wildman–Crippen MR) is 161 cm³/mol. The van der Waals surface area contributed by atoms with E-state index in [1.165, 1.54) is 36.4 Å². The van der Waals surface area contributed by atoms with E-state index in [-0.39, 0.29) is 32.7 Å². The van der Waals surface area contributed by atoms with Gasteiger partial charge in [-0.2, -0.15) is 0 Å². The molecule has 5 aromatic rings. The molecule has 0 aliphatic heterocycles. The number of aromatic hydroxyl groups is 2. The van der Waals surface area contributed by atoms with E-state index in [4.69, 9.17) is 28.8 Å². The number of phenols is 2. The molecule has 0 saturated heterocycles. The van der Waals surface area contributed by atoms with Crippen LogP contribution in [0.25, 0.3) is 0 Å². The van der Waals surface area contributed by atoms with Crippen LogP contribution in [0.5, 0.6) is 11.5 Å². The molecule has 6 nitrogen and oxygen atoms in total. The first-order valence-corrected chi connectivity index (χ1v) is 21.2. The number of benzene rings is 5. The summed E-state index contributed by atoms with van der Waals surface area (Å²) in [5.41, 5.74) is -0.410. The normalized spacial score (nSPS) is 12.1. The third-order valence-corrected chi connectivity index (χ3v) is 25.4. The van der Waals surface area contributed by atoms with Gasteiger partial charge in [-0.15, -0.1) is 0 Å². The molecule has 5 aromatic carbocycles. The number of phenolic OH excluding ortho intramolecular Hbond substituents is 2. The summed E-state index contributed by atoms with van der Waals surface area (Å²) >= 11 is 5.85. The van der Waals surface area contributed by atoms with Crippen LogP contribution < -0.4 is 9.81 Å². The second-order valence-corrected chi connectivity index (χ2v) is 24.8. The first-order valence-electron chi connectivity index (χ1n) is 12.4. The molecule has 206 valence electrons. The Morgan fingerprint density at radius 3 is 1.15 bits per heavy atom. The zero-order chi connectivity index (χ0) is 29.1. The van der Waals surface area contributed by atoms with Crippen LogP contribution in [-0.2, 0) is 5.63 Å². The number of rotatable bonds is 7. The van der Waals surface area contributed by atoms with E-state index in [0.29, 0.717) is 9.81 Å². The van der Waals surface area contributed by atoms with Gasteiger partial charge in [-0.25, -0.2) is 0 Å². The van der Waals surface area contributed by atoms with Crippen LogP contribution in [0.2, 0.25) is 10.0 Å². The van der Waals surface area contributed by atoms with Crippen LogP contribution in [0.3, 0.4) is 0 Å². The molecular formula is C32H23BiCl2O6. The quantitative estimate of drug-likeness (QED) is 0.211. The van der Waals surface area contributed by atoms with Crippen LogP contribution in [0.4, 0.5) is 0 Å². The SMILES string of the molecule is O=C([O][Bi]([O]C(=O)c1cc(Cl)ccc1O)([c]1ccccc1)([c]1ccccc1)[c]1ccccc1)c1cc(Cl)ccc1O. The Labute approximate surface area is 248 Å². The van der Waals surface area contributed by atoms with Crippen molar-refractivity contribution in [3.63, 3.8) is 0 Å². The zero-order valence-corrected chi connectivity index (χ0v) is 26.3. The van der Waals surface area contributed by atoms with E-state index < -0.39 is 31.6 Å². The number of hydrogen-bond acceptors (Lipinski definition) is 6. The Bertz CT molecular complexity index is 1560. The molecule has 0 spiro atoms. The van der Waals surface area contributed by atoms with Crippen molar-refractivity contribution < 1.29 is 25.4 Å². The van der Waals surface area contributed by atoms with E-state index >= 15 is 0 Å². The second kappa shape index (κ2) is 11.5. The van der Waals surface area contributed by atoms with Crippen LogP contribution in [0.1, 0.15) is 20.7 Å². The molecule has 0 heterocycles. The summed E-state index contributed by atoms with van der Waals surface area (Å²) in [7, 11) is 0. The zero-order valence-electron chi connectivity index (χ0n) is 21.4. The van der Waals surface area contributed by atoms with Crippen molar-refractivity contribution in [1.29, 1.82) is 0 Å². The third-order valence-electron chi connectivity index (χ3n) is 6.55. The van der Waals surface area contributed by atoms with Gasteiger partial charge in [-0.1, -0.05) is 0 Å². The molecule has 0 aromatic heterocycles. The number of carbonyl (C=O) groups is 2. The summed E-state index contributed by atoms with van der Waals surface area (Å²) < 4.78 is 14.7. The Morgan fingerprint density at radius 1 is 0.512 bits per heavy atom. The molecule has 0 aliphatic rings. The second-order valence-electron chi connectivity index (χ2n) is 9.04. The third kappa shape index (κ3) is 5.17. The minimum atomic E-state index is -6.52. The summed E-state index contributed by atoms with van der Waals surface area (Å²) in [5, 5.41) is 21.7. The molecule has 0 aliphatic carbocycles. The van der Waals surface area contributed by atoms with Crippen molar-refractivity contribution in [2.75, 3.05) is 0 Å². The molecule has 9 heteroatoms. The number of hydrogen-bond donors (Lipinski definition) is 2. The van der Waals surface area contributed by atoms with Crippen LogP contribution >= 0.6 is 23.2 Å². The summed E-state index contributed by atoms with van der Waals surface area (Å²) in [4.78, 5) is 28.3. The van der Waals surface area contributed by atoms with Gasteiger partial charge in [0.2, 0.25) is 0 Å². The van der Waals surface area contributed by atoms with Gasteiger partial charge in [0.15, 0.2) is 0 Å². The summed E-state index contributed by atoms with van der Waals surface area (Å²) in [6.07, 6.45) is 0. The molecular weight excluding hydrogens is 760 g/mol. The maximum absolute atomic E-state index is 14.1. The molecule has 41 heavy (non-hydrogen) atoms. The van der Waals surface area contributed by atoms with E-state index in [9.17, 15) is 19.8 Å². The fraction of sp³-hybridized carbons (Fsp3) is 0. The Hall–Kier alpha value is -3.90. The van der Waals surface area contributed by atoms with Gasteiger partial charge in [0.25, 0.3) is 0 Å². The Balaban J connectivity index is 1.90. The first kappa shape index (κ1) is 28.6. The van der Waals surface area contributed by atoms with Crippen LogP contribution in [0.15, 0.2) is 127 Å². The molecule has 0 atom stereocenters. The Morgan fingerprint density at radius 2 is 0.829 bits per heavy atom.